The Morgan fingerprint density at radius 1 is 1.28 bits per heavy atom. The maximum Gasteiger partial charge on any atom is 0.416 e. The van der Waals surface area contributed by atoms with Gasteiger partial charge in [-0.25, -0.2) is 4.99 Å². The molecule has 18 heavy (non-hydrogen) atoms. The lowest BCUT2D eigenvalue weighted by Gasteiger charge is -2.09. The van der Waals surface area contributed by atoms with Gasteiger partial charge >= 0.3 is 6.18 Å². The van der Waals surface area contributed by atoms with Crippen LogP contribution in [-0.2, 0) is 10.9 Å². The van der Waals surface area contributed by atoms with Crippen LogP contribution in [0, 0.1) is 0 Å². The molecule has 0 saturated heterocycles. The fourth-order valence-corrected chi connectivity index (χ4v) is 1.72. The summed E-state index contributed by atoms with van der Waals surface area (Å²) >= 11 is 0. The largest absolute Gasteiger partial charge is 0.478 e. The van der Waals surface area contributed by atoms with Crippen LogP contribution in [-0.4, -0.2) is 24.2 Å². The van der Waals surface area contributed by atoms with Gasteiger partial charge in [0, 0.05) is 6.42 Å². The molecule has 1 atom stereocenters. The molecule has 0 aliphatic carbocycles. The van der Waals surface area contributed by atoms with Gasteiger partial charge in [-0.2, -0.15) is 13.2 Å². The minimum atomic E-state index is -4.32. The van der Waals surface area contributed by atoms with Gasteiger partial charge in [-0.1, -0.05) is 12.1 Å². The van der Waals surface area contributed by atoms with Crippen molar-refractivity contribution >= 4 is 5.90 Å². The molecule has 2 rings (SSSR count). The van der Waals surface area contributed by atoms with Gasteiger partial charge in [-0.15, -0.1) is 0 Å². The Morgan fingerprint density at radius 2 is 1.94 bits per heavy atom. The van der Waals surface area contributed by atoms with Gasteiger partial charge in [-0.3, -0.25) is 0 Å². The van der Waals surface area contributed by atoms with E-state index < -0.39 is 11.7 Å². The van der Waals surface area contributed by atoms with Gasteiger partial charge in [-0.05, 0) is 17.7 Å². The van der Waals surface area contributed by atoms with Crippen molar-refractivity contribution in [3.8, 4) is 0 Å². The van der Waals surface area contributed by atoms with E-state index in [0.717, 1.165) is 12.1 Å². The monoisotopic (exact) mass is 259 g/mol. The van der Waals surface area contributed by atoms with Gasteiger partial charge in [0.15, 0.2) is 5.90 Å². The zero-order valence-corrected chi connectivity index (χ0v) is 9.44. The van der Waals surface area contributed by atoms with Crippen molar-refractivity contribution < 1.29 is 23.0 Å². The van der Waals surface area contributed by atoms with Crippen LogP contribution in [0.1, 0.15) is 23.6 Å². The van der Waals surface area contributed by atoms with E-state index in [9.17, 15) is 13.2 Å². The number of alkyl halides is 3. The first-order chi connectivity index (χ1) is 8.50. The second-order valence-electron chi connectivity index (χ2n) is 3.94. The minimum Gasteiger partial charge on any atom is -0.478 e. The average molecular weight is 259 g/mol. The molecule has 0 fully saturated rings. The van der Waals surface area contributed by atoms with E-state index in [-0.39, 0.29) is 12.6 Å². The van der Waals surface area contributed by atoms with Crippen molar-refractivity contribution in [2.75, 3.05) is 13.2 Å². The van der Waals surface area contributed by atoms with Crippen molar-refractivity contribution in [2.45, 2.75) is 18.6 Å². The number of halogens is 3. The van der Waals surface area contributed by atoms with E-state index in [1.807, 2.05) is 0 Å². The van der Waals surface area contributed by atoms with Gasteiger partial charge in [0.25, 0.3) is 0 Å². The number of rotatable bonds is 3. The highest BCUT2D eigenvalue weighted by atomic mass is 19.4. The van der Waals surface area contributed by atoms with E-state index in [4.69, 9.17) is 9.84 Å². The maximum absolute atomic E-state index is 12.4. The Balaban J connectivity index is 2.12. The van der Waals surface area contributed by atoms with Crippen LogP contribution >= 0.6 is 0 Å². The lowest BCUT2D eigenvalue weighted by molar-refractivity contribution is -0.137. The molecule has 1 aromatic rings. The van der Waals surface area contributed by atoms with Gasteiger partial charge in [0.1, 0.15) is 12.6 Å². The molecule has 98 valence electrons. The van der Waals surface area contributed by atoms with Gasteiger partial charge in [0.05, 0.1) is 12.2 Å². The Bertz CT molecular complexity index is 440. The molecule has 0 saturated carbocycles. The molecular formula is C12H12F3NO2. The predicted octanol–water partition coefficient (Wildman–Crippen LogP) is 2.56. The molecule has 1 aliphatic heterocycles. The van der Waals surface area contributed by atoms with Crippen LogP contribution in [0.2, 0.25) is 0 Å². The summed E-state index contributed by atoms with van der Waals surface area (Å²) in [4.78, 5) is 4.19. The Labute approximate surface area is 102 Å². The summed E-state index contributed by atoms with van der Waals surface area (Å²) in [5.74, 6) is 0.447. The number of aliphatic imine (C=N–C) groups is 1. The molecule has 1 unspecified atom stereocenters. The van der Waals surface area contributed by atoms with Crippen molar-refractivity contribution in [1.29, 1.82) is 0 Å². The smallest absolute Gasteiger partial charge is 0.416 e. The van der Waals surface area contributed by atoms with Crippen molar-refractivity contribution in [1.82, 2.24) is 0 Å². The maximum atomic E-state index is 12.4. The van der Waals surface area contributed by atoms with Gasteiger partial charge < -0.3 is 9.84 Å². The lowest BCUT2D eigenvalue weighted by Crippen LogP contribution is -2.05. The molecular weight excluding hydrogens is 247 g/mol. The van der Waals surface area contributed by atoms with Crippen LogP contribution in [0.3, 0.4) is 0 Å². The van der Waals surface area contributed by atoms with E-state index in [1.165, 1.54) is 12.1 Å². The average Bonchev–Trinajstić information content (AvgIpc) is 2.77. The predicted molar refractivity (Wildman–Crippen MR) is 59.3 cm³/mol. The number of aliphatic hydroxyl groups is 1. The number of benzene rings is 1. The van der Waals surface area contributed by atoms with Crippen molar-refractivity contribution in [3.63, 3.8) is 0 Å². The molecule has 0 spiro atoms. The Hall–Kier alpha value is -1.56. The van der Waals surface area contributed by atoms with Crippen molar-refractivity contribution in [2.24, 2.45) is 4.99 Å². The molecule has 6 heteroatoms. The SMILES string of the molecule is OCCC1=NC(c2ccc(C(F)(F)F)cc2)CO1. The minimum absolute atomic E-state index is 0.0570. The molecule has 3 nitrogen and oxygen atoms in total. The van der Waals surface area contributed by atoms with E-state index >= 15 is 0 Å². The summed E-state index contributed by atoms with van der Waals surface area (Å²) in [6, 6.07) is 4.60. The summed E-state index contributed by atoms with van der Waals surface area (Å²) in [5, 5.41) is 8.72. The number of ether oxygens (including phenoxy) is 1. The summed E-state index contributed by atoms with van der Waals surface area (Å²) in [7, 11) is 0. The number of hydrogen-bond donors (Lipinski definition) is 1. The molecule has 1 aliphatic rings. The van der Waals surface area contributed by atoms with E-state index in [1.54, 1.807) is 0 Å². The summed E-state index contributed by atoms with van der Waals surface area (Å²) in [6.07, 6.45) is -3.99. The van der Waals surface area contributed by atoms with Crippen molar-refractivity contribution in [3.05, 3.63) is 35.4 Å². The summed E-state index contributed by atoms with van der Waals surface area (Å²) < 4.78 is 42.4. The highest BCUT2D eigenvalue weighted by molar-refractivity contribution is 5.77. The number of aliphatic hydroxyl groups excluding tert-OH is 1. The second kappa shape index (κ2) is 4.97. The van der Waals surface area contributed by atoms with E-state index in [2.05, 4.69) is 4.99 Å². The van der Waals surface area contributed by atoms with E-state index in [0.29, 0.717) is 24.5 Å². The molecule has 0 amide bonds. The van der Waals surface area contributed by atoms with Crippen LogP contribution in [0.25, 0.3) is 0 Å². The van der Waals surface area contributed by atoms with Crippen LogP contribution in [0.5, 0.6) is 0 Å². The van der Waals surface area contributed by atoms with Crippen LogP contribution in [0.4, 0.5) is 13.2 Å². The third kappa shape index (κ3) is 2.81. The standard InChI is InChI=1S/C12H12F3NO2/c13-12(14,15)9-3-1-8(2-4-9)10-7-18-11(16-10)5-6-17/h1-4,10,17H,5-7H2. The highest BCUT2D eigenvalue weighted by Crippen LogP contribution is 2.31. The third-order valence-corrected chi connectivity index (χ3v) is 2.66. The fraction of sp³-hybridized carbons (Fsp3) is 0.417. The second-order valence-corrected chi connectivity index (χ2v) is 3.94. The highest BCUT2D eigenvalue weighted by Gasteiger charge is 2.30. The molecule has 1 aromatic carbocycles. The summed E-state index contributed by atoms with van der Waals surface area (Å²) in [5.41, 5.74) is 0.000617. The topological polar surface area (TPSA) is 41.8 Å². The Kier molecular flexibility index (Phi) is 3.56. The first-order valence-electron chi connectivity index (χ1n) is 5.48. The molecule has 0 bridgehead atoms. The lowest BCUT2D eigenvalue weighted by atomic mass is 10.1. The first-order valence-corrected chi connectivity index (χ1v) is 5.48. The molecule has 0 aromatic heterocycles. The number of nitrogens with zero attached hydrogens (tertiary/aromatic N) is 1. The first kappa shape index (κ1) is 12.9. The number of hydrogen-bond acceptors (Lipinski definition) is 3. The van der Waals surface area contributed by atoms with Crippen LogP contribution < -0.4 is 0 Å². The molecule has 1 heterocycles. The third-order valence-electron chi connectivity index (χ3n) is 2.66. The summed E-state index contributed by atoms with van der Waals surface area (Å²) in [6.45, 7) is 0.249. The Morgan fingerprint density at radius 3 is 2.50 bits per heavy atom. The zero-order chi connectivity index (χ0) is 13.2. The van der Waals surface area contributed by atoms with Gasteiger partial charge in [0.2, 0.25) is 0 Å². The zero-order valence-electron chi connectivity index (χ0n) is 9.44. The van der Waals surface area contributed by atoms with Crippen LogP contribution in [0.15, 0.2) is 29.3 Å². The fourth-order valence-electron chi connectivity index (χ4n) is 1.72. The molecule has 1 N–H and O–H groups in total. The molecule has 0 radical (unpaired) electrons. The quantitative estimate of drug-likeness (QED) is 0.906. The normalized spacial score (nSPS) is 19.6.